The third-order valence-electron chi connectivity index (χ3n) is 2.68. The molecule has 1 aromatic carbocycles. The van der Waals surface area contributed by atoms with Crippen molar-refractivity contribution in [1.82, 2.24) is 0 Å². The minimum Gasteiger partial charge on any atom is -0.496 e. The molecule has 0 radical (unpaired) electrons. The van der Waals surface area contributed by atoms with E-state index in [1.165, 1.54) is 0 Å². The smallest absolute Gasteiger partial charge is 0.139 e. The summed E-state index contributed by atoms with van der Waals surface area (Å²) in [7, 11) is 1.60. The largest absolute Gasteiger partial charge is 0.496 e. The molecule has 0 saturated heterocycles. The number of hydrogen-bond acceptors (Lipinski definition) is 3. The highest BCUT2D eigenvalue weighted by Gasteiger charge is 2.21. The molecule has 3 nitrogen and oxygen atoms in total. The Morgan fingerprint density at radius 3 is 2.88 bits per heavy atom. The summed E-state index contributed by atoms with van der Waals surface area (Å²) in [6.07, 6.45) is 2.06. The van der Waals surface area contributed by atoms with Crippen LogP contribution in [0, 0.1) is 6.92 Å². The quantitative estimate of drug-likeness (QED) is 0.849. The predicted octanol–water partition coefficient (Wildman–Crippen LogP) is 2.34. The number of benzene rings is 1. The summed E-state index contributed by atoms with van der Waals surface area (Å²) in [5.41, 5.74) is 1.85. The van der Waals surface area contributed by atoms with Crippen molar-refractivity contribution in [3.05, 3.63) is 41.2 Å². The molecule has 0 aromatic heterocycles. The van der Waals surface area contributed by atoms with E-state index in [0.29, 0.717) is 18.1 Å². The molecule has 1 aliphatic heterocycles. The van der Waals surface area contributed by atoms with E-state index < -0.39 is 6.10 Å². The van der Waals surface area contributed by atoms with Gasteiger partial charge < -0.3 is 14.6 Å². The summed E-state index contributed by atoms with van der Waals surface area (Å²) in [5, 5.41) is 10.2. The Kier molecular flexibility index (Phi) is 3.15. The van der Waals surface area contributed by atoms with Crippen LogP contribution in [0.3, 0.4) is 0 Å². The van der Waals surface area contributed by atoms with Gasteiger partial charge in [0.2, 0.25) is 0 Å². The van der Waals surface area contributed by atoms with Crippen molar-refractivity contribution in [3.8, 4) is 5.75 Å². The molecule has 1 aromatic rings. The molecule has 0 amide bonds. The Hall–Kier alpha value is -1.48. The van der Waals surface area contributed by atoms with E-state index in [-0.39, 0.29) is 0 Å². The Labute approximate surface area is 95.3 Å². The molecular weight excluding hydrogens is 204 g/mol. The molecular formula is C13H16O3. The van der Waals surface area contributed by atoms with Crippen molar-refractivity contribution in [2.75, 3.05) is 13.7 Å². The maximum Gasteiger partial charge on any atom is 0.139 e. The minimum absolute atomic E-state index is 0.629. The number of aliphatic hydroxyl groups excluding tert-OH is 1. The molecule has 16 heavy (non-hydrogen) atoms. The van der Waals surface area contributed by atoms with Gasteiger partial charge in [0.25, 0.3) is 0 Å². The molecule has 86 valence electrons. The van der Waals surface area contributed by atoms with Crippen molar-refractivity contribution < 1.29 is 14.6 Å². The first-order valence-corrected chi connectivity index (χ1v) is 5.38. The number of aliphatic hydroxyl groups is 1. The molecule has 3 heteroatoms. The maximum absolute atomic E-state index is 10.2. The second-order valence-corrected chi connectivity index (χ2v) is 3.89. The predicted molar refractivity (Wildman–Crippen MR) is 61.3 cm³/mol. The van der Waals surface area contributed by atoms with E-state index in [4.69, 9.17) is 9.47 Å². The molecule has 0 bridgehead atoms. The van der Waals surface area contributed by atoms with Crippen LogP contribution in [0.5, 0.6) is 5.75 Å². The van der Waals surface area contributed by atoms with Crippen LogP contribution in [-0.4, -0.2) is 18.8 Å². The number of methoxy groups -OCH3 is 1. The van der Waals surface area contributed by atoms with Crippen LogP contribution in [0.1, 0.15) is 23.7 Å². The fraction of sp³-hybridized carbons (Fsp3) is 0.385. The Morgan fingerprint density at radius 2 is 2.25 bits per heavy atom. The molecule has 1 atom stereocenters. The van der Waals surface area contributed by atoms with Gasteiger partial charge in [-0.05, 0) is 25.1 Å². The third kappa shape index (κ3) is 2.04. The lowest BCUT2D eigenvalue weighted by molar-refractivity contribution is 0.117. The lowest BCUT2D eigenvalue weighted by atomic mass is 10.0. The van der Waals surface area contributed by atoms with E-state index in [0.717, 1.165) is 17.5 Å². The Bertz CT molecular complexity index is 410. The number of aryl methyl sites for hydroxylation is 1. The van der Waals surface area contributed by atoms with Gasteiger partial charge in [-0.15, -0.1) is 0 Å². The lowest BCUT2D eigenvalue weighted by Gasteiger charge is -2.16. The average molecular weight is 220 g/mol. The Morgan fingerprint density at radius 1 is 1.44 bits per heavy atom. The van der Waals surface area contributed by atoms with E-state index >= 15 is 0 Å². The second kappa shape index (κ2) is 4.58. The van der Waals surface area contributed by atoms with Gasteiger partial charge >= 0.3 is 0 Å². The van der Waals surface area contributed by atoms with Crippen LogP contribution in [-0.2, 0) is 4.74 Å². The zero-order chi connectivity index (χ0) is 11.5. The average Bonchev–Trinajstić information content (AvgIpc) is 2.81. The lowest BCUT2D eigenvalue weighted by Crippen LogP contribution is -2.04. The molecule has 0 fully saturated rings. The van der Waals surface area contributed by atoms with Gasteiger partial charge in [-0.25, -0.2) is 0 Å². The summed E-state index contributed by atoms with van der Waals surface area (Å²) in [6, 6.07) is 5.74. The molecule has 1 unspecified atom stereocenters. The summed E-state index contributed by atoms with van der Waals surface area (Å²) in [6.45, 7) is 2.64. The maximum atomic E-state index is 10.2. The number of hydrogen-bond donors (Lipinski definition) is 1. The molecule has 0 spiro atoms. The highest BCUT2D eigenvalue weighted by Crippen LogP contribution is 2.32. The summed E-state index contributed by atoms with van der Waals surface area (Å²) < 4.78 is 10.6. The molecule has 0 aliphatic carbocycles. The summed E-state index contributed by atoms with van der Waals surface area (Å²) in [5.74, 6) is 1.32. The highest BCUT2D eigenvalue weighted by molar-refractivity contribution is 5.41. The van der Waals surface area contributed by atoms with E-state index in [2.05, 4.69) is 0 Å². The normalized spacial score (nSPS) is 16.6. The van der Waals surface area contributed by atoms with Crippen molar-refractivity contribution >= 4 is 0 Å². The zero-order valence-corrected chi connectivity index (χ0v) is 9.56. The fourth-order valence-corrected chi connectivity index (χ4v) is 1.85. The van der Waals surface area contributed by atoms with Gasteiger partial charge in [0.1, 0.15) is 17.6 Å². The number of rotatable bonds is 3. The first kappa shape index (κ1) is 11.0. The monoisotopic (exact) mass is 220 g/mol. The first-order chi connectivity index (χ1) is 7.72. The second-order valence-electron chi connectivity index (χ2n) is 3.89. The molecule has 1 aliphatic rings. The minimum atomic E-state index is -0.725. The standard InChI is InChI=1S/C13H16O3/c1-9-5-6-11(15-2)10(8-9)13(14)12-4-3-7-16-12/h4-6,8,13-14H,3,7H2,1-2H3. The van der Waals surface area contributed by atoms with Gasteiger partial charge in [-0.3, -0.25) is 0 Å². The Balaban J connectivity index is 2.34. The van der Waals surface area contributed by atoms with Crippen molar-refractivity contribution in [2.24, 2.45) is 0 Å². The van der Waals surface area contributed by atoms with Crippen LogP contribution in [0.15, 0.2) is 30.0 Å². The van der Waals surface area contributed by atoms with Crippen LogP contribution < -0.4 is 4.74 Å². The van der Waals surface area contributed by atoms with Gasteiger partial charge in [0, 0.05) is 12.0 Å². The zero-order valence-electron chi connectivity index (χ0n) is 9.56. The topological polar surface area (TPSA) is 38.7 Å². The SMILES string of the molecule is COc1ccc(C)cc1C(O)C1=CCCO1. The van der Waals surface area contributed by atoms with Crippen LogP contribution in [0.2, 0.25) is 0 Å². The van der Waals surface area contributed by atoms with Crippen molar-refractivity contribution in [1.29, 1.82) is 0 Å². The molecule has 1 heterocycles. The van der Waals surface area contributed by atoms with Crippen molar-refractivity contribution in [2.45, 2.75) is 19.4 Å². The summed E-state index contributed by atoms with van der Waals surface area (Å²) >= 11 is 0. The van der Waals surface area contributed by atoms with Gasteiger partial charge in [-0.1, -0.05) is 11.6 Å². The first-order valence-electron chi connectivity index (χ1n) is 5.38. The van der Waals surface area contributed by atoms with E-state index in [1.807, 2.05) is 31.2 Å². The van der Waals surface area contributed by atoms with Crippen LogP contribution in [0.4, 0.5) is 0 Å². The van der Waals surface area contributed by atoms with Gasteiger partial charge in [-0.2, -0.15) is 0 Å². The molecule has 0 saturated carbocycles. The highest BCUT2D eigenvalue weighted by atomic mass is 16.5. The fourth-order valence-electron chi connectivity index (χ4n) is 1.85. The van der Waals surface area contributed by atoms with Gasteiger partial charge in [0.15, 0.2) is 0 Å². The number of ether oxygens (including phenoxy) is 2. The molecule has 1 N–H and O–H groups in total. The van der Waals surface area contributed by atoms with Gasteiger partial charge in [0.05, 0.1) is 13.7 Å². The van der Waals surface area contributed by atoms with Crippen molar-refractivity contribution in [3.63, 3.8) is 0 Å². The third-order valence-corrected chi connectivity index (χ3v) is 2.68. The molecule has 2 rings (SSSR count). The van der Waals surface area contributed by atoms with Crippen LogP contribution >= 0.6 is 0 Å². The summed E-state index contributed by atoms with van der Waals surface area (Å²) in [4.78, 5) is 0. The van der Waals surface area contributed by atoms with E-state index in [1.54, 1.807) is 7.11 Å². The van der Waals surface area contributed by atoms with E-state index in [9.17, 15) is 5.11 Å². The van der Waals surface area contributed by atoms with Crippen LogP contribution in [0.25, 0.3) is 0 Å².